The van der Waals surface area contributed by atoms with Gasteiger partial charge in [0.2, 0.25) is 5.91 Å². The molecule has 0 aromatic heterocycles. The zero-order valence-electron chi connectivity index (χ0n) is 13.3. The van der Waals surface area contributed by atoms with Gasteiger partial charge in [-0.3, -0.25) is 4.79 Å². The maximum absolute atomic E-state index is 12.8. The second kappa shape index (κ2) is 5.11. The molecule has 122 valence electrons. The van der Waals surface area contributed by atoms with Crippen LogP contribution in [-0.4, -0.2) is 77.6 Å². The van der Waals surface area contributed by atoms with Crippen LogP contribution < -0.4 is 0 Å². The summed E-state index contributed by atoms with van der Waals surface area (Å²) in [6.07, 6.45) is 4.61. The lowest BCUT2D eigenvalue weighted by molar-refractivity contribution is -0.150. The minimum absolute atomic E-state index is 0.0530. The molecule has 4 fully saturated rings. The second-order valence-electron chi connectivity index (χ2n) is 7.36. The summed E-state index contributed by atoms with van der Waals surface area (Å²) in [6, 6.07) is 0.491. The molecule has 2 saturated heterocycles. The van der Waals surface area contributed by atoms with Crippen molar-refractivity contribution in [3.63, 3.8) is 0 Å². The number of amides is 3. The first-order valence-corrected chi connectivity index (χ1v) is 8.53. The molecule has 22 heavy (non-hydrogen) atoms. The van der Waals surface area contributed by atoms with Crippen molar-refractivity contribution < 1.29 is 14.3 Å². The van der Waals surface area contributed by atoms with Crippen molar-refractivity contribution in [1.82, 2.24) is 14.7 Å². The van der Waals surface area contributed by atoms with Gasteiger partial charge in [-0.15, -0.1) is 0 Å². The molecule has 1 unspecified atom stereocenters. The van der Waals surface area contributed by atoms with Gasteiger partial charge in [0.15, 0.2) is 0 Å². The molecular weight excluding hydrogens is 282 g/mol. The fourth-order valence-electron chi connectivity index (χ4n) is 3.94. The molecule has 0 aromatic rings. The average molecular weight is 307 g/mol. The van der Waals surface area contributed by atoms with Crippen molar-refractivity contribution in [2.75, 3.05) is 39.4 Å². The molecule has 4 aliphatic rings. The van der Waals surface area contributed by atoms with Crippen molar-refractivity contribution in [3.8, 4) is 0 Å². The lowest BCUT2D eigenvalue weighted by Gasteiger charge is -2.45. The number of rotatable bonds is 4. The maximum atomic E-state index is 12.8. The SMILES string of the molecule is CC1(C2CC2)COCCN1C(=O)CN1CCN(C2CC2)C1=O. The Labute approximate surface area is 131 Å². The Morgan fingerprint density at radius 1 is 1.23 bits per heavy atom. The van der Waals surface area contributed by atoms with Crippen LogP contribution in [0.3, 0.4) is 0 Å². The van der Waals surface area contributed by atoms with Crippen LogP contribution in [0.15, 0.2) is 0 Å². The van der Waals surface area contributed by atoms with Gasteiger partial charge in [-0.05, 0) is 38.5 Å². The molecular formula is C16H25N3O3. The zero-order valence-corrected chi connectivity index (χ0v) is 13.3. The molecule has 6 nitrogen and oxygen atoms in total. The van der Waals surface area contributed by atoms with Gasteiger partial charge in [-0.25, -0.2) is 4.79 Å². The zero-order chi connectivity index (χ0) is 15.3. The van der Waals surface area contributed by atoms with E-state index in [-0.39, 0.29) is 24.0 Å². The first-order valence-electron chi connectivity index (χ1n) is 8.53. The van der Waals surface area contributed by atoms with E-state index in [0.717, 1.165) is 19.4 Å². The van der Waals surface area contributed by atoms with Crippen LogP contribution in [-0.2, 0) is 9.53 Å². The highest BCUT2D eigenvalue weighted by Crippen LogP contribution is 2.44. The van der Waals surface area contributed by atoms with Crippen LogP contribution >= 0.6 is 0 Å². The standard InChI is InChI=1S/C16H25N3O3/c1-16(12-2-3-12)11-22-9-8-19(16)14(20)10-17-6-7-18(15(17)21)13-4-5-13/h12-13H,2-11H2,1H3. The van der Waals surface area contributed by atoms with Gasteiger partial charge in [-0.2, -0.15) is 0 Å². The topological polar surface area (TPSA) is 53.1 Å². The van der Waals surface area contributed by atoms with Crippen LogP contribution in [0.1, 0.15) is 32.6 Å². The summed E-state index contributed by atoms with van der Waals surface area (Å²) < 4.78 is 5.63. The Hall–Kier alpha value is -1.30. The van der Waals surface area contributed by atoms with Crippen LogP contribution in [0.5, 0.6) is 0 Å². The lowest BCUT2D eigenvalue weighted by atomic mass is 9.93. The van der Waals surface area contributed by atoms with Crippen molar-refractivity contribution in [1.29, 1.82) is 0 Å². The van der Waals surface area contributed by atoms with Gasteiger partial charge in [0.05, 0.1) is 18.8 Å². The normalized spacial score (nSPS) is 32.8. The van der Waals surface area contributed by atoms with Gasteiger partial charge in [0, 0.05) is 25.7 Å². The Balaban J connectivity index is 1.41. The first-order chi connectivity index (χ1) is 10.6. The molecule has 0 radical (unpaired) electrons. The van der Waals surface area contributed by atoms with Crippen molar-refractivity contribution >= 4 is 11.9 Å². The summed E-state index contributed by atoms with van der Waals surface area (Å²) in [7, 11) is 0. The van der Waals surface area contributed by atoms with E-state index in [0.29, 0.717) is 38.3 Å². The van der Waals surface area contributed by atoms with E-state index in [4.69, 9.17) is 4.74 Å². The van der Waals surface area contributed by atoms with E-state index in [1.807, 2.05) is 9.80 Å². The average Bonchev–Trinajstić information content (AvgIpc) is 3.39. The summed E-state index contributed by atoms with van der Waals surface area (Å²) in [5.74, 6) is 0.651. The van der Waals surface area contributed by atoms with E-state index in [2.05, 4.69) is 6.92 Å². The number of carbonyl (C=O) groups is 2. The number of hydrogen-bond acceptors (Lipinski definition) is 3. The number of hydrogen-bond donors (Lipinski definition) is 0. The van der Waals surface area contributed by atoms with E-state index in [1.54, 1.807) is 4.90 Å². The molecule has 1 atom stereocenters. The Bertz CT molecular complexity index is 489. The molecule has 0 bridgehead atoms. The number of carbonyl (C=O) groups excluding carboxylic acids is 2. The molecule has 2 aliphatic heterocycles. The highest BCUT2D eigenvalue weighted by molar-refractivity contribution is 5.86. The van der Waals surface area contributed by atoms with Gasteiger partial charge in [0.25, 0.3) is 0 Å². The quantitative estimate of drug-likeness (QED) is 0.776. The van der Waals surface area contributed by atoms with E-state index in [1.165, 1.54) is 12.8 Å². The van der Waals surface area contributed by atoms with E-state index in [9.17, 15) is 9.59 Å². The van der Waals surface area contributed by atoms with E-state index < -0.39 is 0 Å². The third-order valence-electron chi connectivity index (χ3n) is 5.67. The fraction of sp³-hybridized carbons (Fsp3) is 0.875. The van der Waals surface area contributed by atoms with E-state index >= 15 is 0 Å². The van der Waals surface area contributed by atoms with Crippen molar-refractivity contribution in [3.05, 3.63) is 0 Å². The Kier molecular flexibility index (Phi) is 3.33. The van der Waals surface area contributed by atoms with Gasteiger partial charge in [-0.1, -0.05) is 0 Å². The molecule has 0 N–H and O–H groups in total. The lowest BCUT2D eigenvalue weighted by Crippen LogP contribution is -2.60. The maximum Gasteiger partial charge on any atom is 0.320 e. The third kappa shape index (κ3) is 2.37. The molecule has 0 aromatic carbocycles. The van der Waals surface area contributed by atoms with Crippen LogP contribution in [0.25, 0.3) is 0 Å². The second-order valence-corrected chi connectivity index (χ2v) is 7.36. The predicted octanol–water partition coefficient (Wildman–Crippen LogP) is 0.914. The highest BCUT2D eigenvalue weighted by Gasteiger charge is 2.50. The minimum atomic E-state index is -0.172. The number of ether oxygens (including phenoxy) is 1. The van der Waals surface area contributed by atoms with Gasteiger partial charge >= 0.3 is 6.03 Å². The summed E-state index contributed by atoms with van der Waals surface area (Å²) in [5.41, 5.74) is -0.172. The smallest absolute Gasteiger partial charge is 0.320 e. The monoisotopic (exact) mass is 307 g/mol. The predicted molar refractivity (Wildman–Crippen MR) is 80.4 cm³/mol. The summed E-state index contributed by atoms with van der Waals surface area (Å²) in [6.45, 7) is 5.72. The Morgan fingerprint density at radius 3 is 2.68 bits per heavy atom. The fourth-order valence-corrected chi connectivity index (χ4v) is 3.94. The summed E-state index contributed by atoms with van der Waals surface area (Å²) in [5, 5.41) is 0. The molecule has 6 heteroatoms. The molecule has 4 rings (SSSR count). The molecule has 2 saturated carbocycles. The number of urea groups is 1. The van der Waals surface area contributed by atoms with Crippen molar-refractivity contribution in [2.24, 2.45) is 5.92 Å². The molecule has 2 heterocycles. The number of morpholine rings is 1. The van der Waals surface area contributed by atoms with Crippen LogP contribution in [0.2, 0.25) is 0 Å². The highest BCUT2D eigenvalue weighted by atomic mass is 16.5. The number of nitrogens with zero attached hydrogens (tertiary/aromatic N) is 3. The van der Waals surface area contributed by atoms with Crippen molar-refractivity contribution in [2.45, 2.75) is 44.2 Å². The van der Waals surface area contributed by atoms with Gasteiger partial charge in [0.1, 0.15) is 6.54 Å². The van der Waals surface area contributed by atoms with Crippen LogP contribution in [0, 0.1) is 5.92 Å². The largest absolute Gasteiger partial charge is 0.377 e. The van der Waals surface area contributed by atoms with Crippen LogP contribution in [0.4, 0.5) is 4.79 Å². The summed E-state index contributed by atoms with van der Waals surface area (Å²) >= 11 is 0. The molecule has 3 amide bonds. The molecule has 2 aliphatic carbocycles. The first kappa shape index (κ1) is 14.3. The van der Waals surface area contributed by atoms with Gasteiger partial charge < -0.3 is 19.4 Å². The third-order valence-corrected chi connectivity index (χ3v) is 5.67. The minimum Gasteiger partial charge on any atom is -0.377 e. The summed E-state index contributed by atoms with van der Waals surface area (Å²) in [4.78, 5) is 30.8. The molecule has 0 spiro atoms. The Morgan fingerprint density at radius 2 is 2.00 bits per heavy atom.